The Kier molecular flexibility index (Phi) is 57.2. The largest absolute Gasteiger partial charge is 0.472 e. The number of carbonyl (C=O) groups is 2. The molecule has 3 atom stereocenters. The minimum Gasteiger partial charge on any atom is -0.456 e. The highest BCUT2D eigenvalue weighted by atomic mass is 31.2. The average molecular weight is 1130 g/mol. The van der Waals surface area contributed by atoms with E-state index in [0.717, 1.165) is 83.5 Å². The van der Waals surface area contributed by atoms with Crippen LogP contribution in [0.4, 0.5) is 0 Å². The second-order valence-corrected chi connectivity index (χ2v) is 25.4. The first-order valence-electron chi connectivity index (χ1n) is 33.6. The highest BCUT2D eigenvalue weighted by molar-refractivity contribution is 7.47. The molecule has 1 amide bonds. The summed E-state index contributed by atoms with van der Waals surface area (Å²) in [4.78, 5) is 37.8. The smallest absolute Gasteiger partial charge is 0.456 e. The number of ether oxygens (including phenoxy) is 1. The molecule has 0 aromatic heterocycles. The summed E-state index contributed by atoms with van der Waals surface area (Å²) < 4.78 is 30.8. The third kappa shape index (κ3) is 60.1. The molecule has 0 radical (unpaired) electrons. The first-order valence-corrected chi connectivity index (χ1v) is 35.1. The molecule has 0 spiro atoms. The first-order chi connectivity index (χ1) is 38.4. The van der Waals surface area contributed by atoms with Crippen LogP contribution in [-0.2, 0) is 27.9 Å². The van der Waals surface area contributed by atoms with E-state index in [1.165, 1.54) is 199 Å². The number of hydrogen-bond acceptors (Lipinski definition) is 6. The number of hydrogen-bond donors (Lipinski definition) is 2. The van der Waals surface area contributed by atoms with Gasteiger partial charge in [0.25, 0.3) is 0 Å². The Morgan fingerprint density at radius 2 is 0.772 bits per heavy atom. The van der Waals surface area contributed by atoms with Crippen molar-refractivity contribution in [2.45, 2.75) is 328 Å². The Hall–Kier alpha value is -2.29. The van der Waals surface area contributed by atoms with Crippen molar-refractivity contribution >= 4 is 19.7 Å². The van der Waals surface area contributed by atoms with Crippen LogP contribution in [0.1, 0.15) is 316 Å². The Bertz CT molecular complexity index is 1540. The molecule has 2 N–H and O–H groups in total. The number of quaternary nitrogens is 1. The van der Waals surface area contributed by atoms with Gasteiger partial charge in [-0.1, -0.05) is 268 Å². The van der Waals surface area contributed by atoms with E-state index in [4.69, 9.17) is 13.8 Å². The summed E-state index contributed by atoms with van der Waals surface area (Å²) in [5.41, 5.74) is 0. The molecule has 0 aromatic rings. The number of rotatable bonds is 61. The fraction of sp³-hybridized carbons (Fsp3) is 0.826. The van der Waals surface area contributed by atoms with Crippen molar-refractivity contribution in [3.63, 3.8) is 0 Å². The van der Waals surface area contributed by atoms with Gasteiger partial charge in [0.1, 0.15) is 19.3 Å². The van der Waals surface area contributed by atoms with Crippen LogP contribution in [0.3, 0.4) is 0 Å². The average Bonchev–Trinajstić information content (AvgIpc) is 3.41. The molecular weight excluding hydrogens is 1000 g/mol. The van der Waals surface area contributed by atoms with Crippen LogP contribution < -0.4 is 5.32 Å². The molecule has 462 valence electrons. The van der Waals surface area contributed by atoms with Gasteiger partial charge in [0.05, 0.1) is 33.8 Å². The number of esters is 1. The SMILES string of the molecule is CCCCC/C=C\C/C=C\CCCCCCCCCCCCCCCC(=O)NC(COP(=O)(O)OCC[N+](C)(C)C)C(/C=C\CCCCCCCCCCCCC)OC(=O)CCCCCCCCC/C=C\C/C=C\CCCCC. The van der Waals surface area contributed by atoms with Crippen molar-refractivity contribution in [1.29, 1.82) is 0 Å². The zero-order valence-electron chi connectivity index (χ0n) is 52.9. The predicted molar refractivity (Wildman–Crippen MR) is 342 cm³/mol. The number of carbonyl (C=O) groups excluding carboxylic acids is 2. The van der Waals surface area contributed by atoms with Crippen LogP contribution >= 0.6 is 7.82 Å². The zero-order valence-corrected chi connectivity index (χ0v) is 53.8. The maximum atomic E-state index is 13.6. The van der Waals surface area contributed by atoms with Crippen LogP contribution in [0.5, 0.6) is 0 Å². The molecule has 0 heterocycles. The van der Waals surface area contributed by atoms with E-state index in [-0.39, 0.29) is 31.5 Å². The van der Waals surface area contributed by atoms with E-state index < -0.39 is 20.0 Å². The number of amides is 1. The number of nitrogens with zero attached hydrogens (tertiary/aromatic N) is 1. The predicted octanol–water partition coefficient (Wildman–Crippen LogP) is 21.0. The van der Waals surface area contributed by atoms with Crippen molar-refractivity contribution in [3.05, 3.63) is 60.8 Å². The normalized spacial score (nSPS) is 14.0. The van der Waals surface area contributed by atoms with Gasteiger partial charge >= 0.3 is 13.8 Å². The lowest BCUT2D eigenvalue weighted by Gasteiger charge is -2.27. The maximum absolute atomic E-state index is 13.6. The van der Waals surface area contributed by atoms with Gasteiger partial charge in [-0.05, 0) is 96.0 Å². The summed E-state index contributed by atoms with van der Waals surface area (Å²) in [7, 11) is 1.50. The Labute approximate surface area is 490 Å². The molecule has 0 saturated carbocycles. The van der Waals surface area contributed by atoms with Gasteiger partial charge in [0.2, 0.25) is 5.91 Å². The van der Waals surface area contributed by atoms with Crippen LogP contribution in [0, 0.1) is 0 Å². The van der Waals surface area contributed by atoms with Crippen LogP contribution in [0.2, 0.25) is 0 Å². The van der Waals surface area contributed by atoms with E-state index in [0.29, 0.717) is 17.4 Å². The second kappa shape index (κ2) is 58.9. The van der Waals surface area contributed by atoms with E-state index >= 15 is 0 Å². The number of unbranched alkanes of at least 4 members (excludes halogenated alkanes) is 37. The van der Waals surface area contributed by atoms with Crippen LogP contribution in [0.15, 0.2) is 60.8 Å². The number of allylic oxidation sites excluding steroid dienone is 9. The van der Waals surface area contributed by atoms with E-state index in [1.54, 1.807) is 0 Å². The van der Waals surface area contributed by atoms with Gasteiger partial charge in [-0.25, -0.2) is 4.57 Å². The standard InChI is InChI=1S/C69H129N2O7P/c1-7-10-13-16-19-22-25-28-30-32-33-34-35-36-37-39-40-43-46-49-52-55-58-61-68(72)70-66(65-77-79(74,75)76-64-63-71(4,5)6)67(60-57-54-51-48-45-42-27-24-21-18-15-12-9-3)78-69(73)62-59-56-53-50-47-44-41-38-31-29-26-23-20-17-14-11-8-2/h19-20,22-23,28-31,57,60,66-67H,7-18,21,24-27,32-56,58-59,61-65H2,1-6H3,(H-,70,72,74,75)/p+1/b22-19-,23-20-,30-28-,31-29-,60-57-. The summed E-state index contributed by atoms with van der Waals surface area (Å²) in [6.07, 6.45) is 75.0. The molecule has 9 nitrogen and oxygen atoms in total. The van der Waals surface area contributed by atoms with Gasteiger partial charge in [-0.3, -0.25) is 18.6 Å². The van der Waals surface area contributed by atoms with Crippen molar-refractivity contribution < 1.29 is 37.3 Å². The highest BCUT2D eigenvalue weighted by Gasteiger charge is 2.30. The highest BCUT2D eigenvalue weighted by Crippen LogP contribution is 2.43. The third-order valence-corrected chi connectivity index (χ3v) is 15.9. The molecule has 3 unspecified atom stereocenters. The second-order valence-electron chi connectivity index (χ2n) is 24.0. The van der Waals surface area contributed by atoms with E-state index in [1.807, 2.05) is 33.3 Å². The summed E-state index contributed by atoms with van der Waals surface area (Å²) in [6, 6.07) is -0.853. The number of phosphoric ester groups is 1. The minimum absolute atomic E-state index is 0.0385. The number of likely N-dealkylation sites (N-methyl/N-ethyl adjacent to an activating group) is 1. The lowest BCUT2D eigenvalue weighted by atomic mass is 10.0. The number of nitrogens with one attached hydrogen (secondary N) is 1. The van der Waals surface area contributed by atoms with Crippen LogP contribution in [-0.4, -0.2) is 74.3 Å². The molecule has 10 heteroatoms. The topological polar surface area (TPSA) is 111 Å². The molecule has 0 fully saturated rings. The van der Waals surface area contributed by atoms with Gasteiger partial charge in [-0.15, -0.1) is 0 Å². The molecule has 0 saturated heterocycles. The molecule has 0 aromatic carbocycles. The summed E-state index contributed by atoms with van der Waals surface area (Å²) >= 11 is 0. The molecule has 0 aliphatic heterocycles. The van der Waals surface area contributed by atoms with Crippen molar-refractivity contribution in [1.82, 2.24) is 5.32 Å². The summed E-state index contributed by atoms with van der Waals surface area (Å²) in [5, 5.41) is 3.07. The number of phosphoric acid groups is 1. The van der Waals surface area contributed by atoms with Crippen molar-refractivity contribution in [2.75, 3.05) is 40.9 Å². The molecular formula is C69H130N2O7P+. The molecule has 0 aliphatic carbocycles. The van der Waals surface area contributed by atoms with Gasteiger partial charge in [0, 0.05) is 12.8 Å². The third-order valence-electron chi connectivity index (χ3n) is 14.9. The fourth-order valence-electron chi connectivity index (χ4n) is 9.71. The van der Waals surface area contributed by atoms with E-state index in [9.17, 15) is 19.0 Å². The molecule has 0 aliphatic rings. The fourth-order valence-corrected chi connectivity index (χ4v) is 10.4. The van der Waals surface area contributed by atoms with Crippen molar-refractivity contribution in [3.8, 4) is 0 Å². The Balaban J connectivity index is 5.16. The molecule has 79 heavy (non-hydrogen) atoms. The summed E-state index contributed by atoms with van der Waals surface area (Å²) in [5.74, 6) is -0.505. The lowest BCUT2D eigenvalue weighted by Crippen LogP contribution is -2.47. The Morgan fingerprint density at radius 1 is 0.443 bits per heavy atom. The van der Waals surface area contributed by atoms with Gasteiger partial charge in [0.15, 0.2) is 0 Å². The minimum atomic E-state index is -4.45. The van der Waals surface area contributed by atoms with Crippen molar-refractivity contribution in [2.24, 2.45) is 0 Å². The molecule has 0 bridgehead atoms. The summed E-state index contributed by atoms with van der Waals surface area (Å²) in [6.45, 7) is 6.99. The maximum Gasteiger partial charge on any atom is 0.472 e. The quantitative estimate of drug-likeness (QED) is 0.0205. The van der Waals surface area contributed by atoms with Gasteiger partial charge < -0.3 is 19.4 Å². The molecule has 0 rings (SSSR count). The monoisotopic (exact) mass is 1130 g/mol. The Morgan fingerprint density at radius 3 is 1.16 bits per heavy atom. The van der Waals surface area contributed by atoms with Crippen LogP contribution in [0.25, 0.3) is 0 Å². The zero-order chi connectivity index (χ0) is 57.9. The van der Waals surface area contributed by atoms with E-state index in [2.05, 4.69) is 74.7 Å². The lowest BCUT2D eigenvalue weighted by molar-refractivity contribution is -0.870. The van der Waals surface area contributed by atoms with Gasteiger partial charge in [-0.2, -0.15) is 0 Å². The first kappa shape index (κ1) is 76.7.